The Bertz CT molecular complexity index is 1550. The Morgan fingerprint density at radius 1 is 1.10 bits per heavy atom. The molecule has 216 valence electrons. The highest BCUT2D eigenvalue weighted by Crippen LogP contribution is 2.47. The molecule has 1 aliphatic carbocycles. The van der Waals surface area contributed by atoms with Crippen molar-refractivity contribution in [1.82, 2.24) is 9.88 Å². The first-order chi connectivity index (χ1) is 19.6. The largest absolute Gasteiger partial charge is 0.494 e. The number of aromatic nitrogens is 1. The molecule has 2 aromatic carbocycles. The van der Waals surface area contributed by atoms with E-state index in [4.69, 9.17) is 4.74 Å². The summed E-state index contributed by atoms with van der Waals surface area (Å²) in [7, 11) is -4.28. The maximum atomic E-state index is 13.5. The van der Waals surface area contributed by atoms with Gasteiger partial charge in [-0.25, -0.2) is 4.39 Å². The minimum atomic E-state index is -4.28. The molecule has 1 spiro atoms. The second-order valence-electron chi connectivity index (χ2n) is 11.5. The molecule has 1 aromatic heterocycles. The predicted molar refractivity (Wildman–Crippen MR) is 153 cm³/mol. The number of pyridine rings is 1. The molecule has 1 N–H and O–H groups in total. The topological polar surface area (TPSA) is 100 Å². The smallest absolute Gasteiger partial charge is 0.294 e. The number of halogens is 1. The second kappa shape index (κ2) is 10.8. The van der Waals surface area contributed by atoms with Crippen LogP contribution in [0.15, 0.2) is 59.6 Å². The van der Waals surface area contributed by atoms with Gasteiger partial charge in [0.1, 0.15) is 11.6 Å². The first-order valence-corrected chi connectivity index (χ1v) is 15.6. The lowest BCUT2D eigenvalue weighted by Gasteiger charge is -2.39. The van der Waals surface area contributed by atoms with Gasteiger partial charge in [-0.05, 0) is 111 Å². The molecule has 1 amide bonds. The van der Waals surface area contributed by atoms with Gasteiger partial charge in [0.05, 0.1) is 23.4 Å². The van der Waals surface area contributed by atoms with Crippen molar-refractivity contribution >= 4 is 21.7 Å². The van der Waals surface area contributed by atoms with Gasteiger partial charge in [-0.3, -0.25) is 19.2 Å². The number of hydrogen-bond donors (Lipinski definition) is 1. The van der Waals surface area contributed by atoms with E-state index < -0.39 is 10.1 Å². The summed E-state index contributed by atoms with van der Waals surface area (Å²) >= 11 is 0. The van der Waals surface area contributed by atoms with E-state index in [-0.39, 0.29) is 22.0 Å². The lowest BCUT2D eigenvalue weighted by atomic mass is 9.77. The zero-order valence-corrected chi connectivity index (χ0v) is 23.9. The fraction of sp³-hybridized carbons (Fsp3) is 0.419. The Kier molecular flexibility index (Phi) is 7.33. The first kappa shape index (κ1) is 27.8. The minimum absolute atomic E-state index is 0.0377. The summed E-state index contributed by atoms with van der Waals surface area (Å²) in [6.07, 6.45) is 5.77. The van der Waals surface area contributed by atoms with Crippen LogP contribution in [-0.2, 0) is 21.5 Å². The number of nitrogens with zero attached hydrogens (tertiary/aromatic N) is 3. The van der Waals surface area contributed by atoms with Crippen LogP contribution in [0.4, 0.5) is 10.1 Å². The molecule has 3 heterocycles. The van der Waals surface area contributed by atoms with E-state index in [9.17, 15) is 22.2 Å². The van der Waals surface area contributed by atoms with E-state index in [1.165, 1.54) is 30.0 Å². The van der Waals surface area contributed by atoms with E-state index in [0.29, 0.717) is 31.2 Å². The fourth-order valence-corrected chi connectivity index (χ4v) is 6.72. The molecule has 0 unspecified atom stereocenters. The minimum Gasteiger partial charge on any atom is -0.494 e. The maximum Gasteiger partial charge on any atom is 0.294 e. The van der Waals surface area contributed by atoms with E-state index in [1.807, 2.05) is 6.92 Å². The molecular weight excluding hydrogens is 545 g/mol. The average molecular weight is 580 g/mol. The van der Waals surface area contributed by atoms with Crippen molar-refractivity contribution in [3.63, 3.8) is 0 Å². The monoisotopic (exact) mass is 579 g/mol. The van der Waals surface area contributed by atoms with Gasteiger partial charge >= 0.3 is 0 Å². The lowest BCUT2D eigenvalue weighted by Crippen LogP contribution is -2.41. The summed E-state index contributed by atoms with van der Waals surface area (Å²) in [5.74, 6) is 0.996. The van der Waals surface area contributed by atoms with E-state index >= 15 is 0 Å². The second-order valence-corrected chi connectivity index (χ2v) is 12.9. The van der Waals surface area contributed by atoms with Gasteiger partial charge in [-0.1, -0.05) is 0 Å². The van der Waals surface area contributed by atoms with Gasteiger partial charge in [0.2, 0.25) is 5.91 Å². The molecule has 6 rings (SSSR count). The maximum absolute atomic E-state index is 13.5. The Balaban J connectivity index is 1.17. The first-order valence-electron chi connectivity index (χ1n) is 14.2. The highest BCUT2D eigenvalue weighted by Gasteiger charge is 2.45. The summed E-state index contributed by atoms with van der Waals surface area (Å²) in [4.78, 5) is 21.3. The number of anilines is 1. The van der Waals surface area contributed by atoms with Crippen LogP contribution < -0.4 is 9.64 Å². The van der Waals surface area contributed by atoms with Crippen molar-refractivity contribution in [2.45, 2.75) is 56.4 Å². The number of amides is 1. The van der Waals surface area contributed by atoms with Crippen molar-refractivity contribution in [2.75, 3.05) is 31.1 Å². The van der Waals surface area contributed by atoms with Crippen LogP contribution in [0.3, 0.4) is 0 Å². The molecule has 41 heavy (non-hydrogen) atoms. The van der Waals surface area contributed by atoms with E-state index in [1.54, 1.807) is 23.1 Å². The molecular formula is C31H34FN3O5S. The molecule has 0 atom stereocenters. The summed E-state index contributed by atoms with van der Waals surface area (Å²) in [5.41, 5.74) is 4.67. The molecule has 8 nitrogen and oxygen atoms in total. The number of piperidine rings is 1. The predicted octanol–water partition coefficient (Wildman–Crippen LogP) is 5.43. The van der Waals surface area contributed by atoms with Crippen molar-refractivity contribution in [1.29, 1.82) is 0 Å². The third-order valence-electron chi connectivity index (χ3n) is 8.63. The molecule has 1 saturated carbocycles. The van der Waals surface area contributed by atoms with Crippen LogP contribution in [0.2, 0.25) is 0 Å². The van der Waals surface area contributed by atoms with E-state index in [0.717, 1.165) is 67.9 Å². The number of ether oxygens (including phenoxy) is 1. The molecule has 3 fully saturated rings. The summed E-state index contributed by atoms with van der Waals surface area (Å²) in [6.45, 7) is 5.57. The standard InChI is InChI=1S/C31H34FN3O5S/c1-2-40-29-16-27(28-10-5-23(32)18-33-28)26(21-3-4-21)15-22(29)19-34-13-11-31(12-14-34)17-30(36)35(20-31)24-6-8-25(9-7-24)41(37,38)39/h5-10,15-16,18,21H,2-4,11-14,17,19-20H2,1H3,(H,37,38,39). The highest BCUT2D eigenvalue weighted by atomic mass is 32.2. The van der Waals surface area contributed by atoms with Gasteiger partial charge in [0, 0.05) is 36.3 Å². The van der Waals surface area contributed by atoms with Crippen molar-refractivity contribution in [3.05, 3.63) is 71.7 Å². The third kappa shape index (κ3) is 5.86. The third-order valence-corrected chi connectivity index (χ3v) is 9.50. The number of carbonyl (C=O) groups is 1. The Hall–Kier alpha value is -3.34. The molecule has 10 heteroatoms. The van der Waals surface area contributed by atoms with Crippen molar-refractivity contribution < 1.29 is 26.9 Å². The van der Waals surface area contributed by atoms with Crippen molar-refractivity contribution in [3.8, 4) is 17.0 Å². The quantitative estimate of drug-likeness (QED) is 0.355. The molecule has 0 radical (unpaired) electrons. The zero-order valence-electron chi connectivity index (χ0n) is 23.1. The van der Waals surface area contributed by atoms with Gasteiger partial charge in [0.15, 0.2) is 0 Å². The average Bonchev–Trinajstić information content (AvgIpc) is 3.74. The summed E-state index contributed by atoms with van der Waals surface area (Å²) in [6, 6.07) is 13.3. The number of carbonyl (C=O) groups excluding carboxylic acids is 1. The number of benzene rings is 2. The molecule has 3 aliphatic rings. The van der Waals surface area contributed by atoms with Crippen LogP contribution >= 0.6 is 0 Å². The molecule has 3 aromatic rings. The summed E-state index contributed by atoms with van der Waals surface area (Å²) in [5, 5.41) is 0. The number of hydrogen-bond acceptors (Lipinski definition) is 6. The number of rotatable bonds is 8. The van der Waals surface area contributed by atoms with E-state index in [2.05, 4.69) is 22.0 Å². The normalized spacial score (nSPS) is 19.2. The van der Waals surface area contributed by atoms with Crippen LogP contribution in [0.25, 0.3) is 11.3 Å². The highest BCUT2D eigenvalue weighted by molar-refractivity contribution is 7.85. The van der Waals surface area contributed by atoms with Gasteiger partial charge in [-0.2, -0.15) is 8.42 Å². The van der Waals surface area contributed by atoms with Gasteiger partial charge < -0.3 is 9.64 Å². The Morgan fingerprint density at radius 2 is 1.83 bits per heavy atom. The zero-order chi connectivity index (χ0) is 28.8. The summed E-state index contributed by atoms with van der Waals surface area (Å²) < 4.78 is 51.7. The SMILES string of the molecule is CCOc1cc(-c2ccc(F)cn2)c(C2CC2)cc1CN1CCC2(CC1)CC(=O)N(c1ccc(S(=O)(=O)O)cc1)C2. The molecule has 2 aliphatic heterocycles. The van der Waals surface area contributed by atoms with Gasteiger partial charge in [0.25, 0.3) is 10.1 Å². The molecule has 2 saturated heterocycles. The fourth-order valence-electron chi connectivity index (χ4n) is 6.24. The van der Waals surface area contributed by atoms with Crippen LogP contribution in [-0.4, -0.2) is 55.0 Å². The Labute approximate surface area is 239 Å². The number of likely N-dealkylation sites (tertiary alicyclic amines) is 1. The molecule has 0 bridgehead atoms. The van der Waals surface area contributed by atoms with Gasteiger partial charge in [-0.15, -0.1) is 0 Å². The van der Waals surface area contributed by atoms with Crippen LogP contribution in [0.5, 0.6) is 5.75 Å². The van der Waals surface area contributed by atoms with Crippen molar-refractivity contribution in [2.24, 2.45) is 5.41 Å². The lowest BCUT2D eigenvalue weighted by molar-refractivity contribution is -0.118. The van der Waals surface area contributed by atoms with Crippen LogP contribution in [0.1, 0.15) is 56.1 Å². The van der Waals surface area contributed by atoms with Crippen LogP contribution in [0, 0.1) is 11.2 Å². The Morgan fingerprint density at radius 3 is 2.44 bits per heavy atom.